The van der Waals surface area contributed by atoms with Crippen molar-refractivity contribution in [2.24, 2.45) is 0 Å². The van der Waals surface area contributed by atoms with Gasteiger partial charge in [-0.3, -0.25) is 0 Å². The van der Waals surface area contributed by atoms with Crippen molar-refractivity contribution in [1.29, 1.82) is 0 Å². The van der Waals surface area contributed by atoms with Crippen molar-refractivity contribution >= 4 is 61.6 Å². The van der Waals surface area contributed by atoms with Gasteiger partial charge in [-0.15, -0.1) is 0 Å². The molecule has 0 atom stereocenters. The fourth-order valence-electron chi connectivity index (χ4n) is 6.09. The van der Waals surface area contributed by atoms with E-state index in [0.29, 0.717) is 87.8 Å². The summed E-state index contributed by atoms with van der Waals surface area (Å²) in [5, 5.41) is 0. The lowest BCUT2D eigenvalue weighted by Crippen LogP contribution is -2.59. The molecule has 0 fully saturated rings. The summed E-state index contributed by atoms with van der Waals surface area (Å²) in [5.41, 5.74) is -1.14. The molecular formula is C31H78O12Si7. The number of hydrogen-bond acceptors (Lipinski definition) is 12. The van der Waals surface area contributed by atoms with Gasteiger partial charge in [-0.1, -0.05) is 0 Å². The maximum atomic E-state index is 7.19. The minimum Gasteiger partial charge on any atom is -0.375 e. The third-order valence-electron chi connectivity index (χ3n) is 7.76. The van der Waals surface area contributed by atoms with Crippen LogP contribution >= 0.6 is 0 Å². The number of hydrogen-bond donors (Lipinski definition) is 0. The summed E-state index contributed by atoms with van der Waals surface area (Å²) in [6, 6.07) is 4.38. The van der Waals surface area contributed by atoms with Crippen LogP contribution in [0, 0.1) is 0 Å². The molecule has 0 aromatic rings. The predicted octanol–water partition coefficient (Wildman–Crippen LogP) is 6.77. The first kappa shape index (κ1) is 51.0. The van der Waals surface area contributed by atoms with Crippen LogP contribution in [0.25, 0.3) is 0 Å². The Morgan fingerprint density at radius 3 is 0.620 bits per heavy atom. The molecule has 0 saturated heterocycles. The SMILES string of the molecule is CCO[Si](CC[Si](C)(C)OC([SiH3])(O[Si](C)(C)CC[Si](OCC)(OCC)OCC)O[Si](C)(C)CC[Si](OCC)(OCC)OCC)(OCC)OCC. The third-order valence-corrected chi connectivity index (χ3v) is 27.4. The van der Waals surface area contributed by atoms with Gasteiger partial charge in [0.05, 0.1) is 0 Å². The first-order chi connectivity index (χ1) is 23.3. The van der Waals surface area contributed by atoms with E-state index in [9.17, 15) is 0 Å². The standard InChI is InChI=1S/C31H78O12Si7/c1-16-32-48(33-17-2,34-18-3)28-25-45(10,11)41-31(44,42-46(12,13)26-29-49(35-19-4,36-20-5)37-21-6)43-47(14,15)27-30-50(38-22-7,39-23-8)40-24-9/h16-30H2,1-15,44H3. The molecule has 0 heterocycles. The molecule has 0 saturated carbocycles. The van der Waals surface area contributed by atoms with Crippen LogP contribution in [0.15, 0.2) is 0 Å². The summed E-state index contributed by atoms with van der Waals surface area (Å²) in [7, 11) is -15.4. The summed E-state index contributed by atoms with van der Waals surface area (Å²) in [6.07, 6.45) is 0. The highest BCUT2D eigenvalue weighted by Gasteiger charge is 2.50. The van der Waals surface area contributed by atoms with Crippen molar-refractivity contribution in [1.82, 2.24) is 0 Å². The summed E-state index contributed by atoms with van der Waals surface area (Å²) < 4.78 is 77.4. The lowest BCUT2D eigenvalue weighted by atomic mass is 10.9. The van der Waals surface area contributed by atoms with E-state index in [1.165, 1.54) is 0 Å². The lowest BCUT2D eigenvalue weighted by Gasteiger charge is -2.46. The topological polar surface area (TPSA) is 111 Å². The van der Waals surface area contributed by atoms with Crippen molar-refractivity contribution < 1.29 is 53.1 Å². The fraction of sp³-hybridized carbons (Fsp3) is 1.00. The summed E-state index contributed by atoms with van der Waals surface area (Å²) in [4.78, 5) is 0. The Hall–Kier alpha value is 1.04. The molecule has 0 amide bonds. The van der Waals surface area contributed by atoms with Gasteiger partial charge in [-0.25, -0.2) is 0 Å². The van der Waals surface area contributed by atoms with Crippen LogP contribution in [0.1, 0.15) is 62.3 Å². The van der Waals surface area contributed by atoms with Gasteiger partial charge in [0.25, 0.3) is 0 Å². The first-order valence-electron chi connectivity index (χ1n) is 19.1. The lowest BCUT2D eigenvalue weighted by molar-refractivity contribution is -0.203. The van der Waals surface area contributed by atoms with Gasteiger partial charge in [-0.2, -0.15) is 0 Å². The molecular weight excluding hydrogens is 761 g/mol. The van der Waals surface area contributed by atoms with Crippen molar-refractivity contribution in [3.63, 3.8) is 0 Å². The van der Waals surface area contributed by atoms with Crippen molar-refractivity contribution in [2.45, 2.75) is 143 Å². The normalized spacial score (nSPS) is 14.2. The van der Waals surface area contributed by atoms with Crippen LogP contribution in [0.4, 0.5) is 0 Å². The summed E-state index contributed by atoms with van der Waals surface area (Å²) >= 11 is 0. The Morgan fingerprint density at radius 1 is 0.320 bits per heavy atom. The Labute approximate surface area is 316 Å². The van der Waals surface area contributed by atoms with E-state index >= 15 is 0 Å². The van der Waals surface area contributed by atoms with Gasteiger partial charge < -0.3 is 53.1 Å². The molecule has 0 spiro atoms. The minimum absolute atomic E-state index is 0.505. The largest absolute Gasteiger partial charge is 0.500 e. The molecule has 0 aliphatic heterocycles. The van der Waals surface area contributed by atoms with E-state index in [-0.39, 0.29) is 0 Å². The van der Waals surface area contributed by atoms with Crippen molar-refractivity contribution in [3.05, 3.63) is 0 Å². The van der Waals surface area contributed by atoms with Crippen molar-refractivity contribution in [2.75, 3.05) is 59.5 Å². The smallest absolute Gasteiger partial charge is 0.375 e. The Balaban J connectivity index is 6.55. The molecule has 0 unspecified atom stereocenters. The minimum atomic E-state index is -2.86. The second-order valence-corrected chi connectivity index (χ2v) is 36.0. The van der Waals surface area contributed by atoms with E-state index in [1.807, 2.05) is 62.3 Å². The maximum absolute atomic E-state index is 7.19. The van der Waals surface area contributed by atoms with E-state index < -0.39 is 57.0 Å². The Kier molecular flexibility index (Phi) is 25.0. The highest BCUT2D eigenvalue weighted by Crippen LogP contribution is 2.36. The Bertz CT molecular complexity index is 730. The van der Waals surface area contributed by atoms with Gasteiger partial charge in [0.15, 0.2) is 25.0 Å². The second-order valence-electron chi connectivity index (χ2n) is 13.9. The molecule has 0 radical (unpaired) electrons. The molecule has 0 N–H and O–H groups in total. The monoisotopic (exact) mass is 838 g/mol. The van der Waals surface area contributed by atoms with Crippen LogP contribution in [-0.2, 0) is 53.1 Å². The molecule has 0 aliphatic rings. The van der Waals surface area contributed by atoms with Gasteiger partial charge in [0, 0.05) is 77.6 Å². The third kappa shape index (κ3) is 19.6. The highest BCUT2D eigenvalue weighted by molar-refractivity contribution is 6.76. The van der Waals surface area contributed by atoms with Crippen LogP contribution in [0.5, 0.6) is 0 Å². The molecule has 0 aliphatic carbocycles. The maximum Gasteiger partial charge on any atom is 0.500 e. The van der Waals surface area contributed by atoms with E-state index in [0.717, 1.165) is 18.1 Å². The molecule has 50 heavy (non-hydrogen) atoms. The average Bonchev–Trinajstić information content (AvgIpc) is 2.98. The van der Waals surface area contributed by atoms with E-state index in [2.05, 4.69) is 39.3 Å². The van der Waals surface area contributed by atoms with Gasteiger partial charge in [-0.05, 0) is 120 Å². The quantitative estimate of drug-likeness (QED) is 0.0514. The van der Waals surface area contributed by atoms with Crippen LogP contribution in [-0.4, -0.2) is 127 Å². The number of rotatable bonds is 33. The molecule has 0 aromatic carbocycles. The fourth-order valence-corrected chi connectivity index (χ4v) is 31.8. The summed E-state index contributed by atoms with van der Waals surface area (Å²) in [5.74, 6) is 0. The second kappa shape index (κ2) is 24.5. The molecule has 19 heteroatoms. The molecule has 0 bridgehead atoms. The highest BCUT2D eigenvalue weighted by atomic mass is 28.4. The zero-order valence-electron chi connectivity index (χ0n) is 35.0. The van der Waals surface area contributed by atoms with Crippen LogP contribution in [0.2, 0.25) is 75.5 Å². The summed E-state index contributed by atoms with van der Waals surface area (Å²) in [6.45, 7) is 36.1. The molecule has 0 rings (SSSR count). The molecule has 12 nitrogen and oxygen atoms in total. The van der Waals surface area contributed by atoms with Gasteiger partial charge >= 0.3 is 26.4 Å². The van der Waals surface area contributed by atoms with Crippen LogP contribution in [0.3, 0.4) is 0 Å². The van der Waals surface area contributed by atoms with Crippen LogP contribution < -0.4 is 0 Å². The Morgan fingerprint density at radius 2 is 0.480 bits per heavy atom. The zero-order valence-corrected chi connectivity index (χ0v) is 43.0. The molecule has 302 valence electrons. The van der Waals surface area contributed by atoms with Gasteiger partial charge in [0.1, 0.15) is 10.2 Å². The molecule has 0 aromatic heterocycles. The first-order valence-corrected chi connectivity index (χ1v) is 35.3. The van der Waals surface area contributed by atoms with E-state index in [1.54, 1.807) is 0 Å². The van der Waals surface area contributed by atoms with E-state index in [4.69, 9.17) is 53.1 Å². The van der Waals surface area contributed by atoms with Crippen molar-refractivity contribution in [3.8, 4) is 0 Å². The average molecular weight is 840 g/mol. The zero-order chi connectivity index (χ0) is 38.6. The predicted molar refractivity (Wildman–Crippen MR) is 219 cm³/mol. The van der Waals surface area contributed by atoms with Gasteiger partial charge in [0.2, 0.25) is 5.60 Å².